The Labute approximate surface area is 175 Å². The van der Waals surface area contributed by atoms with Crippen LogP contribution in [0.1, 0.15) is 11.5 Å². The van der Waals surface area contributed by atoms with Gasteiger partial charge in [-0.1, -0.05) is 11.2 Å². The predicted molar refractivity (Wildman–Crippen MR) is 103 cm³/mol. The fourth-order valence-electron chi connectivity index (χ4n) is 2.64. The lowest BCUT2D eigenvalue weighted by atomic mass is 10.2. The van der Waals surface area contributed by atoms with E-state index >= 15 is 0 Å². The van der Waals surface area contributed by atoms with Crippen LogP contribution in [0.3, 0.4) is 0 Å². The molecule has 2 aromatic carbocycles. The summed E-state index contributed by atoms with van der Waals surface area (Å²) in [4.78, 5) is 2.84. The first-order valence-corrected chi connectivity index (χ1v) is 10.0. The Balaban J connectivity index is 1.95. The SMILES string of the molecule is COc1ccc(CNS(=O)(=O)c2cc(N)ccc2-c2noc(C(F)(F)F)n2)c(OC)c1. The van der Waals surface area contributed by atoms with Crippen molar-refractivity contribution in [1.82, 2.24) is 14.9 Å². The summed E-state index contributed by atoms with van der Waals surface area (Å²) in [6.07, 6.45) is -4.87. The fraction of sp³-hybridized carbons (Fsp3) is 0.222. The van der Waals surface area contributed by atoms with Crippen molar-refractivity contribution in [3.63, 3.8) is 0 Å². The van der Waals surface area contributed by atoms with E-state index in [2.05, 4.69) is 19.4 Å². The minimum Gasteiger partial charge on any atom is -0.497 e. The number of methoxy groups -OCH3 is 2. The molecule has 9 nitrogen and oxygen atoms in total. The predicted octanol–water partition coefficient (Wildman–Crippen LogP) is 2.83. The molecule has 0 aliphatic carbocycles. The Morgan fingerprint density at radius 1 is 1.13 bits per heavy atom. The number of nitrogen functional groups attached to an aromatic ring is 1. The lowest BCUT2D eigenvalue weighted by Gasteiger charge is -2.13. The van der Waals surface area contributed by atoms with Crippen molar-refractivity contribution in [1.29, 1.82) is 0 Å². The van der Waals surface area contributed by atoms with Crippen molar-refractivity contribution in [2.75, 3.05) is 20.0 Å². The van der Waals surface area contributed by atoms with Crippen LogP contribution in [0, 0.1) is 0 Å². The van der Waals surface area contributed by atoms with Crippen LogP contribution in [0.25, 0.3) is 11.4 Å². The Morgan fingerprint density at radius 3 is 2.48 bits per heavy atom. The molecule has 0 aliphatic rings. The number of nitrogens with zero attached hydrogens (tertiary/aromatic N) is 2. The molecule has 0 saturated heterocycles. The van der Waals surface area contributed by atoms with E-state index in [1.165, 1.54) is 26.4 Å². The van der Waals surface area contributed by atoms with Gasteiger partial charge in [0.2, 0.25) is 15.8 Å². The maximum absolute atomic E-state index is 12.9. The van der Waals surface area contributed by atoms with E-state index < -0.39 is 32.8 Å². The Morgan fingerprint density at radius 2 is 1.87 bits per heavy atom. The fourth-order valence-corrected chi connectivity index (χ4v) is 3.88. The van der Waals surface area contributed by atoms with Crippen LogP contribution >= 0.6 is 0 Å². The van der Waals surface area contributed by atoms with Crippen molar-refractivity contribution in [2.45, 2.75) is 17.6 Å². The molecular weight excluding hydrogens is 441 g/mol. The number of nitrogens with one attached hydrogen (secondary N) is 1. The van der Waals surface area contributed by atoms with E-state index in [0.29, 0.717) is 17.1 Å². The zero-order chi connectivity index (χ0) is 22.8. The molecular formula is C18H17F3N4O5S. The van der Waals surface area contributed by atoms with Gasteiger partial charge < -0.3 is 19.7 Å². The second-order valence-corrected chi connectivity index (χ2v) is 7.91. The third-order valence-corrected chi connectivity index (χ3v) is 5.59. The molecule has 166 valence electrons. The number of aromatic nitrogens is 2. The van der Waals surface area contributed by atoms with Gasteiger partial charge in [-0.05, 0) is 24.3 Å². The molecule has 0 radical (unpaired) electrons. The van der Waals surface area contributed by atoms with Crippen LogP contribution < -0.4 is 19.9 Å². The van der Waals surface area contributed by atoms with E-state index in [1.54, 1.807) is 18.2 Å². The van der Waals surface area contributed by atoms with Crippen LogP contribution in [0.5, 0.6) is 11.5 Å². The van der Waals surface area contributed by atoms with E-state index in [1.807, 2.05) is 0 Å². The molecule has 0 fully saturated rings. The Hall–Kier alpha value is -3.32. The molecule has 0 unspecified atom stereocenters. The Kier molecular flexibility index (Phi) is 6.08. The molecule has 31 heavy (non-hydrogen) atoms. The number of anilines is 1. The Bertz CT molecular complexity index is 1200. The van der Waals surface area contributed by atoms with Gasteiger partial charge in [-0.25, -0.2) is 13.1 Å². The maximum atomic E-state index is 12.9. The zero-order valence-corrected chi connectivity index (χ0v) is 17.0. The summed E-state index contributed by atoms with van der Waals surface area (Å²) in [5.74, 6) is -1.25. The molecule has 3 rings (SSSR count). The molecule has 13 heteroatoms. The molecule has 1 aromatic heterocycles. The van der Waals surface area contributed by atoms with Crippen molar-refractivity contribution >= 4 is 15.7 Å². The van der Waals surface area contributed by atoms with Crippen LogP contribution in [0.2, 0.25) is 0 Å². The summed E-state index contributed by atoms with van der Waals surface area (Å²) in [7, 11) is -1.36. The number of hydrogen-bond acceptors (Lipinski definition) is 8. The number of halogens is 3. The number of alkyl halides is 3. The van der Waals surface area contributed by atoms with Gasteiger partial charge in [-0.2, -0.15) is 18.2 Å². The zero-order valence-electron chi connectivity index (χ0n) is 16.2. The van der Waals surface area contributed by atoms with Crippen LogP contribution in [0.4, 0.5) is 18.9 Å². The maximum Gasteiger partial charge on any atom is 0.471 e. The average molecular weight is 458 g/mol. The first kappa shape index (κ1) is 22.4. The lowest BCUT2D eigenvalue weighted by Crippen LogP contribution is -2.24. The molecule has 1 heterocycles. The standard InChI is InChI=1S/C18H17F3N4O5S/c1-28-12-5-3-10(14(8-12)29-2)9-23-31(26,27)15-7-11(22)4-6-13(15)16-24-17(30-25-16)18(19,20)21/h3-8,23H,9,22H2,1-2H3. The molecule has 0 atom stereocenters. The summed E-state index contributed by atoms with van der Waals surface area (Å²) in [5.41, 5.74) is 6.06. The van der Waals surface area contributed by atoms with E-state index in [0.717, 1.165) is 6.07 Å². The highest BCUT2D eigenvalue weighted by molar-refractivity contribution is 7.89. The largest absolute Gasteiger partial charge is 0.497 e. The number of rotatable bonds is 7. The van der Waals surface area contributed by atoms with Gasteiger partial charge >= 0.3 is 12.1 Å². The van der Waals surface area contributed by atoms with Crippen molar-refractivity contribution in [2.24, 2.45) is 0 Å². The molecule has 3 N–H and O–H groups in total. The topological polar surface area (TPSA) is 130 Å². The van der Waals surface area contributed by atoms with Crippen LogP contribution in [-0.2, 0) is 22.7 Å². The smallest absolute Gasteiger partial charge is 0.471 e. The van der Waals surface area contributed by atoms with Crippen LogP contribution in [0.15, 0.2) is 45.8 Å². The quantitative estimate of drug-likeness (QED) is 0.517. The summed E-state index contributed by atoms with van der Waals surface area (Å²) < 4.78 is 81.1. The summed E-state index contributed by atoms with van der Waals surface area (Å²) in [6.45, 7) is -0.177. The highest BCUT2D eigenvalue weighted by Crippen LogP contribution is 2.32. The number of hydrogen-bond donors (Lipinski definition) is 2. The minimum atomic E-state index is -4.87. The van der Waals surface area contributed by atoms with E-state index in [-0.39, 0.29) is 17.8 Å². The summed E-state index contributed by atoms with van der Waals surface area (Å²) in [6, 6.07) is 8.40. The van der Waals surface area contributed by atoms with Gasteiger partial charge in [0, 0.05) is 29.4 Å². The first-order chi connectivity index (χ1) is 14.5. The molecule has 3 aromatic rings. The van der Waals surface area contributed by atoms with E-state index in [9.17, 15) is 21.6 Å². The number of nitrogens with two attached hydrogens (primary N) is 1. The third-order valence-electron chi connectivity index (χ3n) is 4.15. The molecule has 0 aliphatic heterocycles. The van der Waals surface area contributed by atoms with Crippen LogP contribution in [-0.4, -0.2) is 32.8 Å². The van der Waals surface area contributed by atoms with E-state index in [4.69, 9.17) is 15.2 Å². The molecule has 0 bridgehead atoms. The second-order valence-electron chi connectivity index (χ2n) is 6.18. The third kappa shape index (κ3) is 4.88. The second kappa shape index (κ2) is 8.43. The van der Waals surface area contributed by atoms with Gasteiger partial charge in [0.15, 0.2) is 0 Å². The molecule has 0 spiro atoms. The minimum absolute atomic E-state index is 0.0747. The van der Waals surface area contributed by atoms with Gasteiger partial charge in [0.25, 0.3) is 0 Å². The van der Waals surface area contributed by atoms with Gasteiger partial charge in [0.05, 0.1) is 19.1 Å². The lowest BCUT2D eigenvalue weighted by molar-refractivity contribution is -0.159. The van der Waals surface area contributed by atoms with Crippen molar-refractivity contribution in [3.05, 3.63) is 47.9 Å². The highest BCUT2D eigenvalue weighted by Gasteiger charge is 2.39. The monoisotopic (exact) mass is 458 g/mol. The number of benzene rings is 2. The molecule has 0 amide bonds. The van der Waals surface area contributed by atoms with Gasteiger partial charge in [-0.3, -0.25) is 0 Å². The first-order valence-electron chi connectivity index (χ1n) is 8.56. The summed E-state index contributed by atoms with van der Waals surface area (Å²) in [5, 5.41) is 3.25. The number of ether oxygens (including phenoxy) is 2. The summed E-state index contributed by atoms with van der Waals surface area (Å²) >= 11 is 0. The highest BCUT2D eigenvalue weighted by atomic mass is 32.2. The van der Waals surface area contributed by atoms with Gasteiger partial charge in [0.1, 0.15) is 11.5 Å². The number of sulfonamides is 1. The molecule has 0 saturated carbocycles. The normalized spacial score (nSPS) is 12.0. The average Bonchev–Trinajstić information content (AvgIpc) is 3.22. The van der Waals surface area contributed by atoms with Gasteiger partial charge in [-0.15, -0.1) is 0 Å². The van der Waals surface area contributed by atoms with Crippen molar-refractivity contribution in [3.8, 4) is 22.9 Å². The van der Waals surface area contributed by atoms with Crippen molar-refractivity contribution < 1.29 is 35.6 Å².